The van der Waals surface area contributed by atoms with Crippen LogP contribution in [0.5, 0.6) is 0 Å². The third-order valence-electron chi connectivity index (χ3n) is 1.93. The molecule has 5 nitrogen and oxygen atoms in total. The normalized spacial score (nSPS) is 10.3. The molecule has 0 spiro atoms. The summed E-state index contributed by atoms with van der Waals surface area (Å²) in [5.41, 5.74) is 0.915. The van der Waals surface area contributed by atoms with Gasteiger partial charge >= 0.3 is 0 Å². The lowest BCUT2D eigenvalue weighted by Crippen LogP contribution is -2.17. The van der Waals surface area contributed by atoms with Crippen molar-refractivity contribution in [2.45, 2.75) is 13.5 Å². The van der Waals surface area contributed by atoms with Crippen LogP contribution in [0.4, 0.5) is 11.8 Å². The molecule has 0 fully saturated rings. The van der Waals surface area contributed by atoms with E-state index in [9.17, 15) is 0 Å². The molecule has 0 aliphatic rings. The second-order valence-electron chi connectivity index (χ2n) is 3.49. The highest BCUT2D eigenvalue weighted by molar-refractivity contribution is 14.1. The number of methoxy groups -OCH3 is 1. The SMILES string of the molecule is CCNc1nc(N(C)C)nc(COC)c1I. The van der Waals surface area contributed by atoms with Gasteiger partial charge in [-0.05, 0) is 29.5 Å². The first-order valence-corrected chi connectivity index (χ1v) is 6.14. The van der Waals surface area contributed by atoms with Crippen LogP contribution >= 0.6 is 22.6 Å². The van der Waals surface area contributed by atoms with Gasteiger partial charge in [-0.1, -0.05) is 0 Å². The molecule has 0 aromatic carbocycles. The van der Waals surface area contributed by atoms with Gasteiger partial charge in [0, 0.05) is 27.7 Å². The van der Waals surface area contributed by atoms with Gasteiger partial charge in [0.25, 0.3) is 0 Å². The molecule has 0 saturated heterocycles. The molecule has 0 aliphatic carbocycles. The number of hydrogen-bond acceptors (Lipinski definition) is 5. The monoisotopic (exact) mass is 336 g/mol. The molecule has 6 heteroatoms. The topological polar surface area (TPSA) is 50.3 Å². The van der Waals surface area contributed by atoms with Crippen LogP contribution in [0.1, 0.15) is 12.6 Å². The molecule has 0 saturated carbocycles. The lowest BCUT2D eigenvalue weighted by Gasteiger charge is -2.15. The van der Waals surface area contributed by atoms with E-state index in [4.69, 9.17) is 4.74 Å². The molecule has 90 valence electrons. The Hall–Kier alpha value is -0.630. The highest BCUT2D eigenvalue weighted by Crippen LogP contribution is 2.22. The minimum atomic E-state index is 0.500. The minimum Gasteiger partial charge on any atom is -0.378 e. The van der Waals surface area contributed by atoms with Crippen LogP contribution in [-0.2, 0) is 11.3 Å². The number of hydrogen-bond donors (Lipinski definition) is 1. The molecule has 1 aromatic rings. The van der Waals surface area contributed by atoms with E-state index in [1.54, 1.807) is 7.11 Å². The first-order valence-electron chi connectivity index (χ1n) is 5.06. The molecule has 1 N–H and O–H groups in total. The van der Waals surface area contributed by atoms with Gasteiger partial charge in [0.2, 0.25) is 5.95 Å². The lowest BCUT2D eigenvalue weighted by atomic mass is 10.4. The second-order valence-corrected chi connectivity index (χ2v) is 4.57. The van der Waals surface area contributed by atoms with E-state index in [1.807, 2.05) is 25.9 Å². The summed E-state index contributed by atoms with van der Waals surface area (Å²) in [7, 11) is 5.52. The van der Waals surface area contributed by atoms with Crippen LogP contribution in [-0.4, -0.2) is 37.7 Å². The Balaban J connectivity index is 3.16. The number of halogens is 1. The van der Waals surface area contributed by atoms with Crippen molar-refractivity contribution in [1.82, 2.24) is 9.97 Å². The number of nitrogens with one attached hydrogen (secondary N) is 1. The Bertz CT molecular complexity index is 330. The Morgan fingerprint density at radius 3 is 2.56 bits per heavy atom. The minimum absolute atomic E-state index is 0.500. The Kier molecular flexibility index (Phi) is 5.20. The fraction of sp³-hybridized carbons (Fsp3) is 0.600. The Morgan fingerprint density at radius 1 is 1.38 bits per heavy atom. The smallest absolute Gasteiger partial charge is 0.227 e. The Labute approximate surface area is 110 Å². The zero-order valence-corrected chi connectivity index (χ0v) is 12.2. The summed E-state index contributed by atoms with van der Waals surface area (Å²) in [5, 5.41) is 3.23. The number of aromatic nitrogens is 2. The van der Waals surface area contributed by atoms with E-state index in [2.05, 4.69) is 37.9 Å². The lowest BCUT2D eigenvalue weighted by molar-refractivity contribution is 0.181. The van der Waals surface area contributed by atoms with Crippen molar-refractivity contribution in [1.29, 1.82) is 0 Å². The summed E-state index contributed by atoms with van der Waals surface area (Å²) >= 11 is 2.24. The van der Waals surface area contributed by atoms with Crippen molar-refractivity contribution in [2.24, 2.45) is 0 Å². The molecule has 0 radical (unpaired) electrons. The van der Waals surface area contributed by atoms with Gasteiger partial charge in [-0.25, -0.2) is 4.98 Å². The maximum absolute atomic E-state index is 5.14. The van der Waals surface area contributed by atoms with Crippen molar-refractivity contribution < 1.29 is 4.74 Å². The molecule has 1 rings (SSSR count). The molecule has 16 heavy (non-hydrogen) atoms. The van der Waals surface area contributed by atoms with Gasteiger partial charge in [0.05, 0.1) is 15.9 Å². The highest BCUT2D eigenvalue weighted by Gasteiger charge is 2.12. The quantitative estimate of drug-likeness (QED) is 0.830. The number of anilines is 2. The predicted molar refractivity (Wildman–Crippen MR) is 74.0 cm³/mol. The van der Waals surface area contributed by atoms with Crippen molar-refractivity contribution in [3.8, 4) is 0 Å². The zero-order valence-electron chi connectivity index (χ0n) is 10.0. The van der Waals surface area contributed by atoms with E-state index in [0.29, 0.717) is 12.6 Å². The van der Waals surface area contributed by atoms with E-state index in [0.717, 1.165) is 21.6 Å². The molecule has 0 atom stereocenters. The van der Waals surface area contributed by atoms with Crippen LogP contribution in [0.25, 0.3) is 0 Å². The first kappa shape index (κ1) is 13.4. The second kappa shape index (κ2) is 6.19. The average molecular weight is 336 g/mol. The van der Waals surface area contributed by atoms with E-state index >= 15 is 0 Å². The van der Waals surface area contributed by atoms with Crippen molar-refractivity contribution in [3.63, 3.8) is 0 Å². The average Bonchev–Trinajstić information content (AvgIpc) is 2.24. The van der Waals surface area contributed by atoms with Crippen LogP contribution in [0, 0.1) is 3.57 Å². The maximum Gasteiger partial charge on any atom is 0.227 e. The third-order valence-corrected chi connectivity index (χ3v) is 3.07. The largest absolute Gasteiger partial charge is 0.378 e. The van der Waals surface area contributed by atoms with Crippen LogP contribution in [0.2, 0.25) is 0 Å². The van der Waals surface area contributed by atoms with Crippen LogP contribution in [0.3, 0.4) is 0 Å². The van der Waals surface area contributed by atoms with E-state index < -0.39 is 0 Å². The zero-order chi connectivity index (χ0) is 12.1. The summed E-state index contributed by atoms with van der Waals surface area (Å²) in [4.78, 5) is 10.8. The summed E-state index contributed by atoms with van der Waals surface area (Å²) < 4.78 is 6.16. The summed E-state index contributed by atoms with van der Waals surface area (Å²) in [6.07, 6.45) is 0. The van der Waals surface area contributed by atoms with Crippen molar-refractivity contribution >= 4 is 34.4 Å². The maximum atomic E-state index is 5.14. The molecule has 1 aromatic heterocycles. The summed E-state index contributed by atoms with van der Waals surface area (Å²) in [6.45, 7) is 3.38. The first-order chi connectivity index (χ1) is 7.60. The van der Waals surface area contributed by atoms with Gasteiger partial charge in [-0.3, -0.25) is 0 Å². The molecule has 0 unspecified atom stereocenters. The van der Waals surface area contributed by atoms with Gasteiger partial charge < -0.3 is 15.0 Å². The highest BCUT2D eigenvalue weighted by atomic mass is 127. The van der Waals surface area contributed by atoms with Gasteiger partial charge in [-0.15, -0.1) is 0 Å². The number of nitrogens with zero attached hydrogens (tertiary/aromatic N) is 3. The van der Waals surface area contributed by atoms with Crippen LogP contribution in [0.15, 0.2) is 0 Å². The van der Waals surface area contributed by atoms with Crippen LogP contribution < -0.4 is 10.2 Å². The van der Waals surface area contributed by atoms with E-state index in [-0.39, 0.29) is 0 Å². The molecular weight excluding hydrogens is 319 g/mol. The van der Waals surface area contributed by atoms with Gasteiger partial charge in [0.1, 0.15) is 5.82 Å². The molecule has 0 amide bonds. The fourth-order valence-corrected chi connectivity index (χ4v) is 1.79. The molecular formula is C10H17IN4O. The standard InChI is InChI=1S/C10H17IN4O/c1-5-12-9-8(11)7(6-16-4)13-10(14-9)15(2)3/h5-6H2,1-4H3,(H,12,13,14). The Morgan fingerprint density at radius 2 is 2.06 bits per heavy atom. The molecule has 0 bridgehead atoms. The number of ether oxygens (including phenoxy) is 1. The van der Waals surface area contributed by atoms with E-state index in [1.165, 1.54) is 0 Å². The summed E-state index contributed by atoms with van der Waals surface area (Å²) in [6, 6.07) is 0. The summed E-state index contributed by atoms with van der Waals surface area (Å²) in [5.74, 6) is 1.57. The predicted octanol–water partition coefficient (Wildman–Crippen LogP) is 1.73. The fourth-order valence-electron chi connectivity index (χ4n) is 1.20. The van der Waals surface area contributed by atoms with Gasteiger partial charge in [0.15, 0.2) is 0 Å². The molecule has 0 aliphatic heterocycles. The third kappa shape index (κ3) is 3.18. The molecule has 1 heterocycles. The number of rotatable bonds is 5. The van der Waals surface area contributed by atoms with Crippen molar-refractivity contribution in [2.75, 3.05) is 38.0 Å². The van der Waals surface area contributed by atoms with Crippen molar-refractivity contribution in [3.05, 3.63) is 9.26 Å². The van der Waals surface area contributed by atoms with Gasteiger partial charge in [-0.2, -0.15) is 4.98 Å².